The second-order valence-corrected chi connectivity index (χ2v) is 5.50. The van der Waals surface area contributed by atoms with E-state index in [1.54, 1.807) is 0 Å². The summed E-state index contributed by atoms with van der Waals surface area (Å²) < 4.78 is 2.02. The van der Waals surface area contributed by atoms with Crippen molar-refractivity contribution in [3.63, 3.8) is 0 Å². The molecule has 4 nitrogen and oxygen atoms in total. The van der Waals surface area contributed by atoms with Crippen LogP contribution in [-0.2, 0) is 6.42 Å². The van der Waals surface area contributed by atoms with Crippen molar-refractivity contribution in [2.45, 2.75) is 13.3 Å². The third-order valence-electron chi connectivity index (χ3n) is 3.64. The minimum absolute atomic E-state index is 0.655. The SMILES string of the molecule is CCc1nc(-c2cccc(Cl)c2)nc2nc3ccccc3n12. The monoisotopic (exact) mass is 308 g/mol. The fraction of sp³-hybridized carbons (Fsp3) is 0.118. The lowest BCUT2D eigenvalue weighted by atomic mass is 10.2. The zero-order valence-electron chi connectivity index (χ0n) is 12.0. The van der Waals surface area contributed by atoms with E-state index in [9.17, 15) is 0 Å². The van der Waals surface area contributed by atoms with Crippen LogP contribution in [0.15, 0.2) is 48.5 Å². The van der Waals surface area contributed by atoms with Gasteiger partial charge in [0.1, 0.15) is 5.82 Å². The van der Waals surface area contributed by atoms with Crippen LogP contribution in [0.3, 0.4) is 0 Å². The van der Waals surface area contributed by atoms with Crippen molar-refractivity contribution in [3.8, 4) is 11.4 Å². The third kappa shape index (κ3) is 2.04. The molecule has 22 heavy (non-hydrogen) atoms. The Bertz CT molecular complexity index is 990. The maximum atomic E-state index is 6.07. The molecule has 2 aromatic carbocycles. The number of halogens is 1. The molecule has 0 aliphatic carbocycles. The van der Waals surface area contributed by atoms with Crippen LogP contribution in [0, 0.1) is 0 Å². The van der Waals surface area contributed by atoms with Crippen molar-refractivity contribution in [1.82, 2.24) is 19.4 Å². The van der Waals surface area contributed by atoms with E-state index in [1.807, 2.05) is 52.9 Å². The zero-order chi connectivity index (χ0) is 15.1. The Labute approximate surface area is 132 Å². The average molecular weight is 309 g/mol. The van der Waals surface area contributed by atoms with E-state index >= 15 is 0 Å². The van der Waals surface area contributed by atoms with Crippen LogP contribution in [0.2, 0.25) is 5.02 Å². The molecule has 0 unspecified atom stereocenters. The summed E-state index contributed by atoms with van der Waals surface area (Å²) in [6.07, 6.45) is 0.799. The first-order valence-electron chi connectivity index (χ1n) is 7.16. The lowest BCUT2D eigenvalue weighted by Crippen LogP contribution is -2.04. The molecule has 0 amide bonds. The summed E-state index contributed by atoms with van der Waals surface area (Å²) >= 11 is 6.07. The lowest BCUT2D eigenvalue weighted by molar-refractivity contribution is 0.885. The van der Waals surface area contributed by atoms with Crippen molar-refractivity contribution >= 4 is 28.4 Å². The van der Waals surface area contributed by atoms with Gasteiger partial charge in [0.2, 0.25) is 5.78 Å². The molecule has 2 heterocycles. The molecule has 5 heteroatoms. The van der Waals surface area contributed by atoms with E-state index in [4.69, 9.17) is 16.6 Å². The predicted octanol–water partition coefficient (Wildman–Crippen LogP) is 4.16. The predicted molar refractivity (Wildman–Crippen MR) is 88.1 cm³/mol. The summed E-state index contributed by atoms with van der Waals surface area (Å²) in [6.45, 7) is 2.08. The van der Waals surface area contributed by atoms with Crippen LogP contribution in [0.1, 0.15) is 12.7 Å². The Hall–Kier alpha value is -2.46. The number of imidazole rings is 1. The Morgan fingerprint density at radius 3 is 2.68 bits per heavy atom. The molecule has 0 aliphatic heterocycles. The van der Waals surface area contributed by atoms with Crippen LogP contribution in [-0.4, -0.2) is 19.4 Å². The Balaban J connectivity index is 2.04. The Morgan fingerprint density at radius 1 is 1.00 bits per heavy atom. The maximum absolute atomic E-state index is 6.07. The van der Waals surface area contributed by atoms with Crippen LogP contribution in [0.5, 0.6) is 0 Å². The van der Waals surface area contributed by atoms with Crippen molar-refractivity contribution in [1.29, 1.82) is 0 Å². The Kier molecular flexibility index (Phi) is 3.05. The summed E-state index contributed by atoms with van der Waals surface area (Å²) in [5.41, 5.74) is 2.86. The number of hydrogen-bond donors (Lipinski definition) is 0. The van der Waals surface area contributed by atoms with E-state index in [0.29, 0.717) is 16.6 Å². The van der Waals surface area contributed by atoms with Crippen molar-refractivity contribution in [3.05, 3.63) is 59.4 Å². The van der Waals surface area contributed by atoms with E-state index in [-0.39, 0.29) is 0 Å². The van der Waals surface area contributed by atoms with Gasteiger partial charge in [0.25, 0.3) is 0 Å². The molecule has 4 rings (SSSR count). The van der Waals surface area contributed by atoms with Crippen molar-refractivity contribution < 1.29 is 0 Å². The first-order valence-corrected chi connectivity index (χ1v) is 7.54. The highest BCUT2D eigenvalue weighted by Crippen LogP contribution is 2.23. The second-order valence-electron chi connectivity index (χ2n) is 5.06. The van der Waals surface area contributed by atoms with Gasteiger partial charge < -0.3 is 0 Å². The van der Waals surface area contributed by atoms with Gasteiger partial charge in [-0.25, -0.2) is 9.97 Å². The van der Waals surface area contributed by atoms with E-state index in [0.717, 1.165) is 28.8 Å². The number of hydrogen-bond acceptors (Lipinski definition) is 3. The molecule has 4 aromatic rings. The maximum Gasteiger partial charge on any atom is 0.238 e. The van der Waals surface area contributed by atoms with Gasteiger partial charge in [-0.2, -0.15) is 4.98 Å². The highest BCUT2D eigenvalue weighted by Gasteiger charge is 2.13. The number of para-hydroxylation sites is 2. The normalized spacial score (nSPS) is 11.4. The summed E-state index contributed by atoms with van der Waals surface area (Å²) in [5.74, 6) is 2.26. The van der Waals surface area contributed by atoms with Gasteiger partial charge in [-0.1, -0.05) is 42.8 Å². The number of fused-ring (bicyclic) bond motifs is 3. The van der Waals surface area contributed by atoms with Gasteiger partial charge in [-0.05, 0) is 24.3 Å². The molecule has 0 aliphatic rings. The number of aryl methyl sites for hydroxylation is 1. The number of aromatic nitrogens is 4. The average Bonchev–Trinajstić information content (AvgIpc) is 2.92. The molecule has 0 radical (unpaired) electrons. The van der Waals surface area contributed by atoms with Gasteiger partial charge >= 0.3 is 0 Å². The number of benzene rings is 2. The minimum atomic E-state index is 0.655. The van der Waals surface area contributed by atoms with Crippen molar-refractivity contribution in [2.24, 2.45) is 0 Å². The molecular formula is C17H13ClN4. The number of rotatable bonds is 2. The largest absolute Gasteiger partial charge is 0.264 e. The van der Waals surface area contributed by atoms with E-state index in [2.05, 4.69) is 16.9 Å². The second kappa shape index (κ2) is 5.07. The van der Waals surface area contributed by atoms with Crippen LogP contribution in [0.4, 0.5) is 0 Å². The summed E-state index contributed by atoms with van der Waals surface area (Å²) in [7, 11) is 0. The molecule has 2 aromatic heterocycles. The van der Waals surface area contributed by atoms with Gasteiger partial charge in [0, 0.05) is 17.0 Å². The fourth-order valence-electron chi connectivity index (χ4n) is 2.63. The topological polar surface area (TPSA) is 43.1 Å². The number of nitrogens with zero attached hydrogens (tertiary/aromatic N) is 4. The molecule has 0 N–H and O–H groups in total. The lowest BCUT2D eigenvalue weighted by Gasteiger charge is -2.06. The van der Waals surface area contributed by atoms with E-state index < -0.39 is 0 Å². The molecule has 0 atom stereocenters. The molecule has 0 spiro atoms. The molecule has 0 bridgehead atoms. The van der Waals surface area contributed by atoms with Crippen LogP contribution >= 0.6 is 11.6 Å². The first-order chi connectivity index (χ1) is 10.8. The third-order valence-corrected chi connectivity index (χ3v) is 3.88. The quantitative estimate of drug-likeness (QED) is 0.558. The summed E-state index contributed by atoms with van der Waals surface area (Å²) in [5, 5.41) is 0.674. The fourth-order valence-corrected chi connectivity index (χ4v) is 2.82. The van der Waals surface area contributed by atoms with E-state index in [1.165, 1.54) is 0 Å². The van der Waals surface area contributed by atoms with Gasteiger partial charge in [0.05, 0.1) is 11.0 Å². The van der Waals surface area contributed by atoms with Crippen molar-refractivity contribution in [2.75, 3.05) is 0 Å². The first kappa shape index (κ1) is 13.2. The summed E-state index contributed by atoms with van der Waals surface area (Å²) in [6, 6.07) is 15.6. The highest BCUT2D eigenvalue weighted by atomic mass is 35.5. The molecule has 0 fully saturated rings. The Morgan fingerprint density at radius 2 is 1.86 bits per heavy atom. The van der Waals surface area contributed by atoms with Gasteiger partial charge in [-0.15, -0.1) is 0 Å². The molecular weight excluding hydrogens is 296 g/mol. The smallest absolute Gasteiger partial charge is 0.238 e. The van der Waals surface area contributed by atoms with Crippen LogP contribution < -0.4 is 0 Å². The van der Waals surface area contributed by atoms with Gasteiger partial charge in [0.15, 0.2) is 5.82 Å². The standard InChI is InChI=1S/C17H13ClN4/c1-2-15-20-16(11-6-5-7-12(18)10-11)21-17-19-13-8-3-4-9-14(13)22(15)17/h3-10H,2H2,1H3. The van der Waals surface area contributed by atoms with Gasteiger partial charge in [-0.3, -0.25) is 4.40 Å². The van der Waals surface area contributed by atoms with Crippen LogP contribution in [0.25, 0.3) is 28.2 Å². The molecule has 108 valence electrons. The summed E-state index contributed by atoms with van der Waals surface area (Å²) in [4.78, 5) is 13.9. The minimum Gasteiger partial charge on any atom is -0.264 e. The molecule has 0 saturated heterocycles. The highest BCUT2D eigenvalue weighted by molar-refractivity contribution is 6.30. The molecule has 0 saturated carbocycles. The zero-order valence-corrected chi connectivity index (χ0v) is 12.7.